The Kier molecular flexibility index (Phi) is 9.50. The van der Waals surface area contributed by atoms with Crippen LogP contribution in [-0.2, 0) is 0 Å². The van der Waals surface area contributed by atoms with Crippen LogP contribution in [0.1, 0.15) is 5.56 Å². The van der Waals surface area contributed by atoms with Gasteiger partial charge in [-0.05, 0) is 98.1 Å². The van der Waals surface area contributed by atoms with Crippen molar-refractivity contribution in [2.75, 3.05) is 0 Å². The van der Waals surface area contributed by atoms with Gasteiger partial charge in [0.25, 0.3) is 0 Å². The molecule has 2 heterocycles. The average Bonchev–Trinajstić information content (AvgIpc) is 3.75. The van der Waals surface area contributed by atoms with Gasteiger partial charge in [0.2, 0.25) is 0 Å². The molecule has 0 N–H and O–H groups in total. The average molecular weight is 805 g/mol. The van der Waals surface area contributed by atoms with E-state index in [1.165, 1.54) is 22.3 Å². The van der Waals surface area contributed by atoms with E-state index in [0.29, 0.717) is 23.0 Å². The molecule has 11 rings (SSSR count). The summed E-state index contributed by atoms with van der Waals surface area (Å²) in [6, 6.07) is 77.0. The van der Waals surface area contributed by atoms with Crippen molar-refractivity contribution in [2.45, 2.75) is 0 Å². The fourth-order valence-electron chi connectivity index (χ4n) is 8.34. The summed E-state index contributed by atoms with van der Waals surface area (Å²) in [4.78, 5) is 15.4. The van der Waals surface area contributed by atoms with Crippen LogP contribution in [0.4, 0.5) is 0 Å². The van der Waals surface area contributed by atoms with Crippen molar-refractivity contribution in [3.05, 3.63) is 224 Å². The predicted molar refractivity (Wildman–Crippen MR) is 255 cm³/mol. The fourth-order valence-corrected chi connectivity index (χ4v) is 8.34. The summed E-state index contributed by atoms with van der Waals surface area (Å²) >= 11 is 0. The standard InChI is InChI=1S/C58H36N4O/c59-37-38-20-22-43(23-21-38)46-14-7-16-48(34-46)56-60-57(49-17-8-15-47(35-49)44-26-24-41(25-27-44)39-10-3-1-4-11-39)62-58(61-56)50-32-33-52-54(36-50)63-53-19-9-18-51(55(52)53)45-30-28-42(29-31-45)40-12-5-2-6-13-40/h1-36H. The third kappa shape index (κ3) is 7.33. The smallest absolute Gasteiger partial charge is 0.164 e. The predicted octanol–water partition coefficient (Wildman–Crippen LogP) is 15.0. The van der Waals surface area contributed by atoms with Crippen molar-refractivity contribution in [2.24, 2.45) is 0 Å². The molecule has 5 heteroatoms. The molecule has 5 nitrogen and oxygen atoms in total. The fraction of sp³-hybridized carbons (Fsp3) is 0. The van der Waals surface area contributed by atoms with Crippen molar-refractivity contribution in [1.29, 1.82) is 5.26 Å². The highest BCUT2D eigenvalue weighted by Crippen LogP contribution is 2.39. The summed E-state index contributed by atoms with van der Waals surface area (Å²) in [5.74, 6) is 1.65. The Balaban J connectivity index is 1.00. The van der Waals surface area contributed by atoms with Crippen molar-refractivity contribution < 1.29 is 4.42 Å². The second-order valence-corrected chi connectivity index (χ2v) is 15.5. The maximum absolute atomic E-state index is 9.39. The molecule has 0 radical (unpaired) electrons. The van der Waals surface area contributed by atoms with Crippen LogP contribution in [0, 0.1) is 11.3 Å². The van der Waals surface area contributed by atoms with Gasteiger partial charge in [0.15, 0.2) is 17.5 Å². The van der Waals surface area contributed by atoms with Crippen LogP contribution < -0.4 is 0 Å². The van der Waals surface area contributed by atoms with E-state index in [1.54, 1.807) is 0 Å². The van der Waals surface area contributed by atoms with Crippen molar-refractivity contribution in [3.63, 3.8) is 0 Å². The lowest BCUT2D eigenvalue weighted by molar-refractivity contribution is 0.669. The molecule has 9 aromatic carbocycles. The van der Waals surface area contributed by atoms with E-state index in [2.05, 4.69) is 152 Å². The number of nitriles is 1. The van der Waals surface area contributed by atoms with E-state index in [1.807, 2.05) is 72.8 Å². The molecule has 0 fully saturated rings. The highest BCUT2D eigenvalue weighted by Gasteiger charge is 2.18. The zero-order chi connectivity index (χ0) is 42.1. The Morgan fingerprint density at radius 2 is 0.714 bits per heavy atom. The Hall–Kier alpha value is -8.72. The van der Waals surface area contributed by atoms with Crippen molar-refractivity contribution in [3.8, 4) is 95.9 Å². The summed E-state index contributed by atoms with van der Waals surface area (Å²) in [5, 5.41) is 11.5. The monoisotopic (exact) mass is 804 g/mol. The molecule has 0 spiro atoms. The van der Waals surface area contributed by atoms with Gasteiger partial charge in [0, 0.05) is 27.5 Å². The molecular formula is C58H36N4O. The molecule has 0 saturated heterocycles. The molecule has 294 valence electrons. The molecule has 2 aromatic heterocycles. The third-order valence-electron chi connectivity index (χ3n) is 11.6. The number of aromatic nitrogens is 3. The maximum Gasteiger partial charge on any atom is 0.164 e. The molecular weight excluding hydrogens is 769 g/mol. The lowest BCUT2D eigenvalue weighted by Gasteiger charge is -2.11. The van der Waals surface area contributed by atoms with Gasteiger partial charge in [-0.3, -0.25) is 0 Å². The van der Waals surface area contributed by atoms with Gasteiger partial charge in [0.1, 0.15) is 11.2 Å². The molecule has 0 bridgehead atoms. The van der Waals surface area contributed by atoms with Gasteiger partial charge in [-0.15, -0.1) is 0 Å². The summed E-state index contributed by atoms with van der Waals surface area (Å²) in [6.07, 6.45) is 0. The number of hydrogen-bond donors (Lipinski definition) is 0. The summed E-state index contributed by atoms with van der Waals surface area (Å²) < 4.78 is 6.59. The van der Waals surface area contributed by atoms with Crippen LogP contribution in [0.15, 0.2) is 223 Å². The van der Waals surface area contributed by atoms with Crippen molar-refractivity contribution >= 4 is 21.9 Å². The first-order valence-electron chi connectivity index (χ1n) is 20.9. The Morgan fingerprint density at radius 1 is 0.317 bits per heavy atom. The minimum absolute atomic E-state index is 0.537. The van der Waals surface area contributed by atoms with Crippen molar-refractivity contribution in [1.82, 2.24) is 15.0 Å². The molecule has 0 aliphatic heterocycles. The normalized spacial score (nSPS) is 11.2. The molecule has 0 aliphatic rings. The van der Waals surface area contributed by atoms with Gasteiger partial charge < -0.3 is 4.42 Å². The zero-order valence-electron chi connectivity index (χ0n) is 34.0. The lowest BCUT2D eigenvalue weighted by atomic mass is 9.96. The van der Waals surface area contributed by atoms with Crippen LogP contribution in [0.2, 0.25) is 0 Å². The zero-order valence-corrected chi connectivity index (χ0v) is 34.0. The van der Waals surface area contributed by atoms with E-state index in [-0.39, 0.29) is 0 Å². The number of furan rings is 1. The van der Waals surface area contributed by atoms with Gasteiger partial charge in [-0.2, -0.15) is 5.26 Å². The summed E-state index contributed by atoms with van der Waals surface area (Å²) in [5.41, 5.74) is 15.8. The van der Waals surface area contributed by atoms with E-state index in [4.69, 9.17) is 19.4 Å². The molecule has 0 saturated carbocycles. The minimum atomic E-state index is 0.537. The largest absolute Gasteiger partial charge is 0.456 e. The van der Waals surface area contributed by atoms with Crippen LogP contribution in [-0.4, -0.2) is 15.0 Å². The first-order valence-corrected chi connectivity index (χ1v) is 20.9. The van der Waals surface area contributed by atoms with Gasteiger partial charge in [-0.25, -0.2) is 15.0 Å². The second kappa shape index (κ2) is 16.0. The lowest BCUT2D eigenvalue weighted by Crippen LogP contribution is -2.00. The van der Waals surface area contributed by atoms with E-state index in [0.717, 1.165) is 72.0 Å². The van der Waals surface area contributed by atoms with Gasteiger partial charge >= 0.3 is 0 Å². The quantitative estimate of drug-likeness (QED) is 0.153. The van der Waals surface area contributed by atoms with E-state index in [9.17, 15) is 5.26 Å². The minimum Gasteiger partial charge on any atom is -0.456 e. The second-order valence-electron chi connectivity index (χ2n) is 15.5. The number of fused-ring (bicyclic) bond motifs is 3. The summed E-state index contributed by atoms with van der Waals surface area (Å²) in [6.45, 7) is 0. The van der Waals surface area contributed by atoms with Crippen LogP contribution in [0.25, 0.3) is 112 Å². The molecule has 11 aromatic rings. The molecule has 0 atom stereocenters. The molecule has 0 amide bonds. The highest BCUT2D eigenvalue weighted by atomic mass is 16.3. The topological polar surface area (TPSA) is 75.6 Å². The number of nitrogens with zero attached hydrogens (tertiary/aromatic N) is 4. The highest BCUT2D eigenvalue weighted by molar-refractivity contribution is 6.13. The van der Waals surface area contributed by atoms with Crippen LogP contribution in [0.5, 0.6) is 0 Å². The van der Waals surface area contributed by atoms with E-state index >= 15 is 0 Å². The van der Waals surface area contributed by atoms with E-state index < -0.39 is 0 Å². The summed E-state index contributed by atoms with van der Waals surface area (Å²) in [7, 11) is 0. The molecule has 63 heavy (non-hydrogen) atoms. The van der Waals surface area contributed by atoms with Gasteiger partial charge in [-0.1, -0.05) is 176 Å². The molecule has 0 aliphatic carbocycles. The SMILES string of the molecule is N#Cc1ccc(-c2cccc(-c3nc(-c4cccc(-c5ccc(-c6ccccc6)cc5)c4)nc(-c4ccc5c(c4)oc4cccc(-c6ccc(-c7ccccc7)cc6)c45)n3)c2)cc1. The van der Waals surface area contributed by atoms with Crippen LogP contribution in [0.3, 0.4) is 0 Å². The molecule has 0 unspecified atom stereocenters. The number of benzene rings is 9. The van der Waals surface area contributed by atoms with Gasteiger partial charge in [0.05, 0.1) is 11.6 Å². The first kappa shape index (κ1) is 37.3. The Bertz CT molecular complexity index is 3480. The number of rotatable bonds is 8. The number of hydrogen-bond acceptors (Lipinski definition) is 5. The third-order valence-corrected chi connectivity index (χ3v) is 11.6. The van der Waals surface area contributed by atoms with Crippen LogP contribution >= 0.6 is 0 Å². The first-order chi connectivity index (χ1) is 31.1. The Labute approximate surface area is 364 Å². The maximum atomic E-state index is 9.39. The Morgan fingerprint density at radius 3 is 1.24 bits per heavy atom.